The largest absolute Gasteiger partial charge is 0.480 e. The van der Waals surface area contributed by atoms with Gasteiger partial charge in [-0.2, -0.15) is 0 Å². The summed E-state index contributed by atoms with van der Waals surface area (Å²) in [7, 11) is 0. The van der Waals surface area contributed by atoms with Crippen LogP contribution in [0.4, 0.5) is 0 Å². The van der Waals surface area contributed by atoms with Gasteiger partial charge in [0.2, 0.25) is 0 Å². The van der Waals surface area contributed by atoms with Crippen molar-refractivity contribution in [3.05, 3.63) is 12.7 Å². The Bertz CT molecular complexity index is 148. The van der Waals surface area contributed by atoms with Crippen molar-refractivity contribution >= 4 is 5.97 Å². The summed E-state index contributed by atoms with van der Waals surface area (Å²) in [5.41, 5.74) is 5.13. The van der Waals surface area contributed by atoms with E-state index in [0.717, 1.165) is 19.3 Å². The van der Waals surface area contributed by atoms with Gasteiger partial charge in [0.15, 0.2) is 0 Å². The Morgan fingerprint density at radius 1 is 1.64 bits per heavy atom. The van der Waals surface area contributed by atoms with Crippen LogP contribution in [0.15, 0.2) is 12.7 Å². The van der Waals surface area contributed by atoms with E-state index in [1.54, 1.807) is 6.08 Å². The first kappa shape index (κ1) is 15.6. The highest BCUT2D eigenvalue weighted by Crippen LogP contribution is 1.91. The van der Waals surface area contributed by atoms with Crippen LogP contribution in [0, 0.1) is 0 Å². The van der Waals surface area contributed by atoms with Gasteiger partial charge in [0, 0.05) is 6.61 Å². The summed E-state index contributed by atoms with van der Waals surface area (Å²) in [5.74, 6) is -0.910. The average Bonchev–Trinajstić information content (AvgIpc) is 2.16. The van der Waals surface area contributed by atoms with Gasteiger partial charge >= 0.3 is 5.97 Å². The second-order valence-corrected chi connectivity index (χ2v) is 2.89. The van der Waals surface area contributed by atoms with Crippen molar-refractivity contribution in [2.45, 2.75) is 38.6 Å². The quantitative estimate of drug-likeness (QED) is 0.446. The van der Waals surface area contributed by atoms with Gasteiger partial charge in [0.05, 0.1) is 0 Å². The lowest BCUT2D eigenvalue weighted by atomic mass is 10.2. The van der Waals surface area contributed by atoms with Crippen molar-refractivity contribution in [1.29, 1.82) is 0 Å². The number of rotatable bonds is 6. The maximum absolute atomic E-state index is 9.96. The number of aliphatic hydroxyl groups excluding tert-OH is 1. The first-order valence-electron chi connectivity index (χ1n) is 4.80. The van der Waals surface area contributed by atoms with Crippen molar-refractivity contribution in [3.63, 3.8) is 0 Å². The third kappa shape index (κ3) is 13.7. The highest BCUT2D eigenvalue weighted by atomic mass is 16.4. The number of carboxylic acid groups (broad SMARTS) is 1. The molecule has 0 aliphatic carbocycles. The zero-order chi connectivity index (χ0) is 11.4. The molecular formula is C10H21NO3. The molecule has 0 aliphatic heterocycles. The smallest absolute Gasteiger partial charge is 0.320 e. The maximum atomic E-state index is 9.96. The summed E-state index contributed by atoms with van der Waals surface area (Å²) < 4.78 is 0. The van der Waals surface area contributed by atoms with Crippen LogP contribution in [-0.4, -0.2) is 28.8 Å². The molecule has 0 rings (SSSR count). The van der Waals surface area contributed by atoms with E-state index in [0.29, 0.717) is 6.42 Å². The van der Waals surface area contributed by atoms with Gasteiger partial charge in [-0.05, 0) is 19.3 Å². The second-order valence-electron chi connectivity index (χ2n) is 2.89. The molecule has 0 spiro atoms. The van der Waals surface area contributed by atoms with Gasteiger partial charge in [0.25, 0.3) is 0 Å². The van der Waals surface area contributed by atoms with E-state index < -0.39 is 12.0 Å². The van der Waals surface area contributed by atoms with Crippen molar-refractivity contribution in [1.82, 2.24) is 0 Å². The molecule has 0 heterocycles. The summed E-state index contributed by atoms with van der Waals surface area (Å²) >= 11 is 0. The topological polar surface area (TPSA) is 83.5 Å². The number of hydrogen-bond donors (Lipinski definition) is 3. The van der Waals surface area contributed by atoms with Gasteiger partial charge < -0.3 is 15.9 Å². The van der Waals surface area contributed by atoms with Gasteiger partial charge in [-0.15, -0.1) is 6.58 Å². The molecule has 0 unspecified atom stereocenters. The summed E-state index contributed by atoms with van der Waals surface area (Å²) in [4.78, 5) is 9.96. The first-order valence-corrected chi connectivity index (χ1v) is 4.80. The minimum Gasteiger partial charge on any atom is -0.480 e. The van der Waals surface area contributed by atoms with Gasteiger partial charge in [-0.1, -0.05) is 19.4 Å². The summed E-state index contributed by atoms with van der Waals surface area (Å²) in [6.45, 7) is 5.68. The molecule has 0 aromatic heterocycles. The fraction of sp³-hybridized carbons (Fsp3) is 0.700. The van der Waals surface area contributed by atoms with E-state index in [9.17, 15) is 4.79 Å². The van der Waals surface area contributed by atoms with E-state index >= 15 is 0 Å². The number of carbonyl (C=O) groups is 1. The number of allylic oxidation sites excluding steroid dienone is 1. The van der Waals surface area contributed by atoms with Crippen LogP contribution in [0.2, 0.25) is 0 Å². The monoisotopic (exact) mass is 203 g/mol. The molecule has 0 aromatic carbocycles. The minimum absolute atomic E-state index is 0.284. The summed E-state index contributed by atoms with van der Waals surface area (Å²) in [6, 6.07) is -0.667. The lowest BCUT2D eigenvalue weighted by Crippen LogP contribution is -2.29. The molecule has 0 aromatic rings. The zero-order valence-corrected chi connectivity index (χ0v) is 8.78. The molecule has 4 N–H and O–H groups in total. The molecule has 1 atom stereocenters. The normalized spacial score (nSPS) is 11.1. The predicted octanol–water partition coefficient (Wildman–Crippen LogP) is 1.14. The molecule has 0 amide bonds. The Hall–Kier alpha value is -0.870. The van der Waals surface area contributed by atoms with E-state index in [1.807, 2.05) is 6.92 Å². The molecule has 0 radical (unpaired) electrons. The number of carboxylic acids is 1. The lowest BCUT2D eigenvalue weighted by molar-refractivity contribution is -0.138. The van der Waals surface area contributed by atoms with Crippen LogP contribution < -0.4 is 5.73 Å². The highest BCUT2D eigenvalue weighted by molar-refractivity contribution is 5.72. The average molecular weight is 203 g/mol. The number of aliphatic carboxylic acids is 1. The molecule has 4 heteroatoms. The molecule has 84 valence electrons. The standard InChI is InChI=1S/C5H11NO2.C5H10O/c1-2-3-4(6)5(7)8;1-2-3-4-5-6/h4H,2-3,6H2,1H3,(H,7,8);2,6H,1,3-5H2/t4-;/m0./s1. The Morgan fingerprint density at radius 2 is 2.21 bits per heavy atom. The van der Waals surface area contributed by atoms with Gasteiger partial charge in [-0.25, -0.2) is 0 Å². The van der Waals surface area contributed by atoms with Crippen LogP contribution >= 0.6 is 0 Å². The van der Waals surface area contributed by atoms with Crippen molar-refractivity contribution in [3.8, 4) is 0 Å². The van der Waals surface area contributed by atoms with E-state index in [-0.39, 0.29) is 6.61 Å². The van der Waals surface area contributed by atoms with Crippen molar-refractivity contribution in [2.24, 2.45) is 5.73 Å². The molecule has 0 saturated carbocycles. The lowest BCUT2D eigenvalue weighted by Gasteiger charge is -2.00. The van der Waals surface area contributed by atoms with Crippen LogP contribution in [0.3, 0.4) is 0 Å². The molecule has 4 nitrogen and oxygen atoms in total. The van der Waals surface area contributed by atoms with E-state index in [4.69, 9.17) is 15.9 Å². The molecular weight excluding hydrogens is 182 g/mol. The van der Waals surface area contributed by atoms with Gasteiger partial charge in [0.1, 0.15) is 6.04 Å². The van der Waals surface area contributed by atoms with E-state index in [2.05, 4.69) is 6.58 Å². The Morgan fingerprint density at radius 3 is 2.36 bits per heavy atom. The Balaban J connectivity index is 0. The van der Waals surface area contributed by atoms with Crippen LogP contribution in [0.5, 0.6) is 0 Å². The predicted molar refractivity (Wildman–Crippen MR) is 57.0 cm³/mol. The molecule has 0 fully saturated rings. The first-order chi connectivity index (χ1) is 6.59. The van der Waals surface area contributed by atoms with Gasteiger partial charge in [-0.3, -0.25) is 4.79 Å². The Kier molecular flexibility index (Phi) is 13.5. The maximum Gasteiger partial charge on any atom is 0.320 e. The fourth-order valence-corrected chi connectivity index (χ4v) is 0.670. The molecule has 14 heavy (non-hydrogen) atoms. The molecule has 0 bridgehead atoms. The minimum atomic E-state index is -0.910. The highest BCUT2D eigenvalue weighted by Gasteiger charge is 2.07. The number of hydrogen-bond acceptors (Lipinski definition) is 3. The summed E-state index contributed by atoms with van der Waals surface area (Å²) in [5, 5.41) is 16.3. The third-order valence-electron chi connectivity index (χ3n) is 1.48. The van der Waals surface area contributed by atoms with Crippen LogP contribution in [-0.2, 0) is 4.79 Å². The van der Waals surface area contributed by atoms with Crippen LogP contribution in [0.25, 0.3) is 0 Å². The molecule has 0 saturated heterocycles. The SMILES string of the molecule is C=CCCCO.CCC[C@H](N)C(=O)O. The fourth-order valence-electron chi connectivity index (χ4n) is 0.670. The van der Waals surface area contributed by atoms with Crippen molar-refractivity contribution in [2.75, 3.05) is 6.61 Å². The number of unbranched alkanes of at least 4 members (excludes halogenated alkanes) is 1. The molecule has 0 aliphatic rings. The van der Waals surface area contributed by atoms with E-state index in [1.165, 1.54) is 0 Å². The van der Waals surface area contributed by atoms with Crippen molar-refractivity contribution < 1.29 is 15.0 Å². The summed E-state index contributed by atoms with van der Waals surface area (Å²) in [6.07, 6.45) is 4.97. The number of aliphatic hydroxyl groups is 1. The third-order valence-corrected chi connectivity index (χ3v) is 1.48. The zero-order valence-electron chi connectivity index (χ0n) is 8.78. The van der Waals surface area contributed by atoms with Crippen LogP contribution in [0.1, 0.15) is 32.6 Å². The number of nitrogens with two attached hydrogens (primary N) is 1. The Labute approximate surface area is 85.4 Å². The second kappa shape index (κ2) is 12.1.